The van der Waals surface area contributed by atoms with E-state index in [1.165, 1.54) is 16.2 Å². The van der Waals surface area contributed by atoms with Crippen molar-refractivity contribution < 1.29 is 4.74 Å². The summed E-state index contributed by atoms with van der Waals surface area (Å²) in [6.07, 6.45) is 0.660. The standard InChI is InChI=1S/C25H21OP/c1-4-12-21(13-5-1)24-18-10-11-19-25(24)26-20-27(22-14-6-2-7-15-22)23-16-8-3-9-17-23/h1-19H,20H2. The SMILES string of the molecule is c1ccc(-c2ccccc2OCP(c2ccccc2)c2ccccc2)cc1. The Balaban J connectivity index is 1.63. The molecule has 132 valence electrons. The van der Waals surface area contributed by atoms with Gasteiger partial charge in [0.15, 0.2) is 0 Å². The maximum absolute atomic E-state index is 6.39. The second kappa shape index (κ2) is 8.66. The van der Waals surface area contributed by atoms with Gasteiger partial charge < -0.3 is 4.74 Å². The molecule has 0 heterocycles. The van der Waals surface area contributed by atoms with Gasteiger partial charge in [-0.15, -0.1) is 0 Å². The summed E-state index contributed by atoms with van der Waals surface area (Å²) in [6.45, 7) is 0. The Labute approximate surface area is 162 Å². The van der Waals surface area contributed by atoms with Gasteiger partial charge in [-0.3, -0.25) is 0 Å². The van der Waals surface area contributed by atoms with Crippen LogP contribution < -0.4 is 15.3 Å². The fourth-order valence-corrected chi connectivity index (χ4v) is 5.03. The monoisotopic (exact) mass is 368 g/mol. The summed E-state index contributed by atoms with van der Waals surface area (Å²) in [5.41, 5.74) is 2.31. The predicted molar refractivity (Wildman–Crippen MR) is 116 cm³/mol. The summed E-state index contributed by atoms with van der Waals surface area (Å²) < 4.78 is 6.39. The largest absolute Gasteiger partial charge is 0.488 e. The first-order valence-electron chi connectivity index (χ1n) is 9.07. The van der Waals surface area contributed by atoms with E-state index < -0.39 is 7.92 Å². The highest BCUT2D eigenvalue weighted by atomic mass is 31.1. The molecule has 0 bridgehead atoms. The van der Waals surface area contributed by atoms with Gasteiger partial charge in [-0.05, 0) is 30.2 Å². The lowest BCUT2D eigenvalue weighted by molar-refractivity contribution is 0.391. The maximum atomic E-state index is 6.39. The van der Waals surface area contributed by atoms with Crippen LogP contribution in [0.2, 0.25) is 0 Å². The molecule has 4 aromatic carbocycles. The molecule has 4 rings (SSSR count). The van der Waals surface area contributed by atoms with Crippen LogP contribution in [0.4, 0.5) is 0 Å². The molecule has 0 fully saturated rings. The minimum atomic E-state index is -0.578. The zero-order valence-electron chi connectivity index (χ0n) is 15.0. The summed E-state index contributed by atoms with van der Waals surface area (Å²) in [5, 5.41) is 2.66. The van der Waals surface area contributed by atoms with Crippen LogP contribution in [0.15, 0.2) is 115 Å². The van der Waals surface area contributed by atoms with Crippen molar-refractivity contribution in [3.8, 4) is 16.9 Å². The third kappa shape index (κ3) is 4.27. The smallest absolute Gasteiger partial charge is 0.127 e. The molecule has 0 atom stereocenters. The fourth-order valence-electron chi connectivity index (χ4n) is 3.10. The Morgan fingerprint density at radius 1 is 0.519 bits per heavy atom. The van der Waals surface area contributed by atoms with Gasteiger partial charge in [-0.2, -0.15) is 0 Å². The lowest BCUT2D eigenvalue weighted by Crippen LogP contribution is -2.16. The van der Waals surface area contributed by atoms with E-state index in [0.29, 0.717) is 6.35 Å². The van der Waals surface area contributed by atoms with Crippen molar-refractivity contribution in [1.29, 1.82) is 0 Å². The van der Waals surface area contributed by atoms with Crippen LogP contribution in [0.25, 0.3) is 11.1 Å². The van der Waals surface area contributed by atoms with Crippen molar-refractivity contribution in [2.24, 2.45) is 0 Å². The van der Waals surface area contributed by atoms with Gasteiger partial charge in [0.25, 0.3) is 0 Å². The van der Waals surface area contributed by atoms with Gasteiger partial charge in [0.2, 0.25) is 0 Å². The summed E-state index contributed by atoms with van der Waals surface area (Å²) in [6, 6.07) is 40.0. The van der Waals surface area contributed by atoms with E-state index in [2.05, 4.69) is 103 Å². The van der Waals surface area contributed by atoms with E-state index in [9.17, 15) is 0 Å². The van der Waals surface area contributed by atoms with E-state index >= 15 is 0 Å². The molecule has 0 aromatic heterocycles. The fraction of sp³-hybridized carbons (Fsp3) is 0.0400. The number of rotatable bonds is 6. The van der Waals surface area contributed by atoms with Crippen LogP contribution in [0.1, 0.15) is 0 Å². The Hall–Kier alpha value is -2.89. The molecule has 0 spiro atoms. The highest BCUT2D eigenvalue weighted by molar-refractivity contribution is 7.72. The average Bonchev–Trinajstić information content (AvgIpc) is 2.76. The van der Waals surface area contributed by atoms with E-state index in [1.54, 1.807) is 0 Å². The molecule has 0 aliphatic rings. The van der Waals surface area contributed by atoms with Crippen molar-refractivity contribution in [2.45, 2.75) is 0 Å². The van der Waals surface area contributed by atoms with Crippen LogP contribution >= 0.6 is 7.92 Å². The normalized spacial score (nSPS) is 10.7. The van der Waals surface area contributed by atoms with Gasteiger partial charge in [-0.1, -0.05) is 109 Å². The van der Waals surface area contributed by atoms with Crippen molar-refractivity contribution >= 4 is 18.5 Å². The topological polar surface area (TPSA) is 9.23 Å². The Morgan fingerprint density at radius 3 is 1.59 bits per heavy atom. The van der Waals surface area contributed by atoms with Gasteiger partial charge in [0, 0.05) is 5.56 Å². The average molecular weight is 368 g/mol. The molecule has 0 N–H and O–H groups in total. The number of para-hydroxylation sites is 1. The first kappa shape index (κ1) is 17.5. The minimum absolute atomic E-state index is 0.578. The minimum Gasteiger partial charge on any atom is -0.488 e. The molecular formula is C25H21OP. The molecule has 0 radical (unpaired) electrons. The zero-order chi connectivity index (χ0) is 18.3. The first-order chi connectivity index (χ1) is 13.4. The summed E-state index contributed by atoms with van der Waals surface area (Å²) >= 11 is 0. The summed E-state index contributed by atoms with van der Waals surface area (Å²) in [4.78, 5) is 0. The predicted octanol–water partition coefficient (Wildman–Crippen LogP) is 5.82. The van der Waals surface area contributed by atoms with E-state index in [0.717, 1.165) is 11.3 Å². The van der Waals surface area contributed by atoms with Crippen molar-refractivity contribution in [2.75, 3.05) is 6.35 Å². The molecule has 27 heavy (non-hydrogen) atoms. The summed E-state index contributed by atoms with van der Waals surface area (Å²) in [5.74, 6) is 0.933. The second-order valence-electron chi connectivity index (χ2n) is 6.23. The number of hydrogen-bond donors (Lipinski definition) is 0. The lowest BCUT2D eigenvalue weighted by Gasteiger charge is -2.20. The molecule has 2 heteroatoms. The maximum Gasteiger partial charge on any atom is 0.127 e. The first-order valence-corrected chi connectivity index (χ1v) is 10.6. The van der Waals surface area contributed by atoms with Crippen molar-refractivity contribution in [1.82, 2.24) is 0 Å². The van der Waals surface area contributed by atoms with Crippen LogP contribution in [0.5, 0.6) is 5.75 Å². The number of hydrogen-bond acceptors (Lipinski definition) is 1. The van der Waals surface area contributed by atoms with Gasteiger partial charge in [0.1, 0.15) is 12.1 Å². The molecule has 4 aromatic rings. The molecule has 0 unspecified atom stereocenters. The number of ether oxygens (including phenoxy) is 1. The van der Waals surface area contributed by atoms with Crippen LogP contribution in [0, 0.1) is 0 Å². The van der Waals surface area contributed by atoms with E-state index in [1.807, 2.05) is 12.1 Å². The Morgan fingerprint density at radius 2 is 1.00 bits per heavy atom. The van der Waals surface area contributed by atoms with Crippen LogP contribution in [0.3, 0.4) is 0 Å². The third-order valence-electron chi connectivity index (χ3n) is 4.46. The lowest BCUT2D eigenvalue weighted by atomic mass is 10.1. The Kier molecular flexibility index (Phi) is 5.62. The highest BCUT2D eigenvalue weighted by Gasteiger charge is 2.15. The van der Waals surface area contributed by atoms with Crippen molar-refractivity contribution in [3.05, 3.63) is 115 Å². The van der Waals surface area contributed by atoms with Gasteiger partial charge >= 0.3 is 0 Å². The molecular weight excluding hydrogens is 347 g/mol. The third-order valence-corrected chi connectivity index (χ3v) is 6.69. The molecule has 0 aliphatic carbocycles. The van der Waals surface area contributed by atoms with Crippen LogP contribution in [-0.2, 0) is 0 Å². The zero-order valence-corrected chi connectivity index (χ0v) is 15.9. The van der Waals surface area contributed by atoms with Crippen molar-refractivity contribution in [3.63, 3.8) is 0 Å². The summed E-state index contributed by atoms with van der Waals surface area (Å²) in [7, 11) is -0.578. The molecule has 0 aliphatic heterocycles. The quantitative estimate of drug-likeness (QED) is 0.390. The van der Waals surface area contributed by atoms with E-state index in [4.69, 9.17) is 4.74 Å². The molecule has 0 saturated carbocycles. The second-order valence-corrected chi connectivity index (χ2v) is 8.38. The molecule has 1 nitrogen and oxygen atoms in total. The molecule has 0 saturated heterocycles. The van der Waals surface area contributed by atoms with Crippen LogP contribution in [-0.4, -0.2) is 6.35 Å². The van der Waals surface area contributed by atoms with E-state index in [-0.39, 0.29) is 0 Å². The number of benzene rings is 4. The van der Waals surface area contributed by atoms with Gasteiger partial charge in [0.05, 0.1) is 0 Å². The Bertz CT molecular complexity index is 929. The molecule has 0 amide bonds. The highest BCUT2D eigenvalue weighted by Crippen LogP contribution is 2.36. The van der Waals surface area contributed by atoms with Gasteiger partial charge in [-0.25, -0.2) is 0 Å².